The molecule has 0 spiro atoms. The summed E-state index contributed by atoms with van der Waals surface area (Å²) in [6.45, 7) is 5.71. The predicted molar refractivity (Wildman–Crippen MR) is 70.5 cm³/mol. The van der Waals surface area contributed by atoms with E-state index in [0.717, 1.165) is 12.8 Å². The Hall–Kier alpha value is -1.17. The van der Waals surface area contributed by atoms with Gasteiger partial charge in [-0.3, -0.25) is 10.2 Å². The molecule has 5 nitrogen and oxygen atoms in total. The van der Waals surface area contributed by atoms with E-state index in [1.807, 2.05) is 6.92 Å². The van der Waals surface area contributed by atoms with Gasteiger partial charge in [-0.25, -0.2) is 0 Å². The maximum absolute atomic E-state index is 11.7. The van der Waals surface area contributed by atoms with Crippen LogP contribution in [0, 0.1) is 5.92 Å². The van der Waals surface area contributed by atoms with Crippen LogP contribution in [0.15, 0.2) is 5.10 Å². The molecule has 0 bridgehead atoms. The van der Waals surface area contributed by atoms with Crippen LogP contribution in [0.5, 0.6) is 0 Å². The molecule has 1 saturated heterocycles. The summed E-state index contributed by atoms with van der Waals surface area (Å²) in [5.41, 5.74) is 7.84. The standard InChI is InChI=1S/C11H19N3O2S/c1-4-5-8-6-11(3,16-9(8)15)7(2)13-14-10(12)17/h8H,4-6H2,1-3H3,(H3,12,14,17)/b13-7+. The number of hydrogen-bond donors (Lipinski definition) is 2. The van der Waals surface area contributed by atoms with Crippen LogP contribution in [0.4, 0.5) is 0 Å². The zero-order valence-electron chi connectivity index (χ0n) is 10.4. The lowest BCUT2D eigenvalue weighted by molar-refractivity contribution is -0.146. The van der Waals surface area contributed by atoms with Gasteiger partial charge in [0.05, 0.1) is 11.6 Å². The zero-order chi connectivity index (χ0) is 13.1. The summed E-state index contributed by atoms with van der Waals surface area (Å²) in [7, 11) is 0. The van der Waals surface area contributed by atoms with Gasteiger partial charge in [-0.1, -0.05) is 13.3 Å². The Morgan fingerprint density at radius 2 is 2.41 bits per heavy atom. The minimum atomic E-state index is -0.644. The Balaban J connectivity index is 2.73. The van der Waals surface area contributed by atoms with Crippen molar-refractivity contribution in [2.24, 2.45) is 16.8 Å². The number of hydrogen-bond acceptors (Lipinski definition) is 4. The van der Waals surface area contributed by atoms with Crippen molar-refractivity contribution >= 4 is 29.0 Å². The fourth-order valence-electron chi connectivity index (χ4n) is 1.95. The highest BCUT2D eigenvalue weighted by molar-refractivity contribution is 7.80. The lowest BCUT2D eigenvalue weighted by Gasteiger charge is -2.22. The molecule has 1 rings (SSSR count). The number of nitrogens with zero attached hydrogens (tertiary/aromatic N) is 1. The monoisotopic (exact) mass is 257 g/mol. The molecule has 0 aliphatic carbocycles. The third-order valence-electron chi connectivity index (χ3n) is 3.03. The van der Waals surface area contributed by atoms with E-state index in [0.29, 0.717) is 12.1 Å². The molecular formula is C11H19N3O2S. The van der Waals surface area contributed by atoms with Gasteiger partial charge in [0, 0.05) is 6.42 Å². The highest BCUT2D eigenvalue weighted by atomic mass is 32.1. The van der Waals surface area contributed by atoms with Gasteiger partial charge in [-0.05, 0) is 32.5 Å². The number of thiocarbonyl (C=S) groups is 1. The Labute approximate surface area is 107 Å². The van der Waals surface area contributed by atoms with Crippen molar-refractivity contribution in [3.63, 3.8) is 0 Å². The smallest absolute Gasteiger partial charge is 0.310 e. The van der Waals surface area contributed by atoms with E-state index < -0.39 is 5.60 Å². The quantitative estimate of drug-likeness (QED) is 0.344. The van der Waals surface area contributed by atoms with E-state index in [1.54, 1.807) is 6.92 Å². The van der Waals surface area contributed by atoms with E-state index >= 15 is 0 Å². The number of carbonyl (C=O) groups is 1. The third kappa shape index (κ3) is 3.39. The summed E-state index contributed by atoms with van der Waals surface area (Å²) < 4.78 is 5.41. The molecule has 96 valence electrons. The zero-order valence-corrected chi connectivity index (χ0v) is 11.3. The number of nitrogens with two attached hydrogens (primary N) is 1. The van der Waals surface area contributed by atoms with Gasteiger partial charge in [-0.2, -0.15) is 5.10 Å². The maximum atomic E-state index is 11.7. The number of cyclic esters (lactones) is 1. The van der Waals surface area contributed by atoms with Crippen LogP contribution in [-0.4, -0.2) is 22.4 Å². The van der Waals surface area contributed by atoms with Gasteiger partial charge in [0.2, 0.25) is 0 Å². The largest absolute Gasteiger partial charge is 0.453 e. The van der Waals surface area contributed by atoms with Gasteiger partial charge >= 0.3 is 5.97 Å². The first-order valence-corrected chi connectivity index (χ1v) is 6.13. The highest BCUT2D eigenvalue weighted by Gasteiger charge is 2.45. The molecule has 0 aromatic carbocycles. The summed E-state index contributed by atoms with van der Waals surface area (Å²) in [5.74, 6) is -0.167. The van der Waals surface area contributed by atoms with Crippen LogP contribution >= 0.6 is 12.2 Å². The molecule has 17 heavy (non-hydrogen) atoms. The van der Waals surface area contributed by atoms with E-state index in [1.165, 1.54) is 0 Å². The average molecular weight is 257 g/mol. The molecule has 2 unspecified atom stereocenters. The fourth-order valence-corrected chi connectivity index (χ4v) is 1.99. The van der Waals surface area contributed by atoms with E-state index in [4.69, 9.17) is 10.5 Å². The van der Waals surface area contributed by atoms with Gasteiger partial charge in [0.1, 0.15) is 5.60 Å². The number of rotatable bonds is 4. The lowest BCUT2D eigenvalue weighted by Crippen LogP contribution is -2.36. The molecule has 2 atom stereocenters. The van der Waals surface area contributed by atoms with Crippen LogP contribution < -0.4 is 11.2 Å². The number of ether oxygens (including phenoxy) is 1. The Morgan fingerprint density at radius 3 is 2.94 bits per heavy atom. The summed E-state index contributed by atoms with van der Waals surface area (Å²) >= 11 is 4.66. The van der Waals surface area contributed by atoms with Gasteiger partial charge in [0.25, 0.3) is 0 Å². The molecule has 3 N–H and O–H groups in total. The molecular weight excluding hydrogens is 238 g/mol. The van der Waals surface area contributed by atoms with Gasteiger partial charge < -0.3 is 10.5 Å². The Bertz CT molecular complexity index is 357. The van der Waals surface area contributed by atoms with Crippen LogP contribution in [0.25, 0.3) is 0 Å². The second kappa shape index (κ2) is 5.44. The molecule has 1 heterocycles. The second-order valence-corrected chi connectivity index (χ2v) is 4.95. The summed E-state index contributed by atoms with van der Waals surface area (Å²) in [6.07, 6.45) is 2.48. The van der Waals surface area contributed by atoms with Gasteiger partial charge in [0.15, 0.2) is 5.11 Å². The number of esters is 1. The van der Waals surface area contributed by atoms with Crippen molar-refractivity contribution in [3.8, 4) is 0 Å². The highest BCUT2D eigenvalue weighted by Crippen LogP contribution is 2.34. The van der Waals surface area contributed by atoms with Crippen molar-refractivity contribution in [2.45, 2.75) is 45.6 Å². The Morgan fingerprint density at radius 1 is 1.76 bits per heavy atom. The summed E-state index contributed by atoms with van der Waals surface area (Å²) in [4.78, 5) is 11.7. The van der Waals surface area contributed by atoms with Crippen molar-refractivity contribution in [1.82, 2.24) is 5.43 Å². The van der Waals surface area contributed by atoms with Crippen LogP contribution in [0.1, 0.15) is 40.0 Å². The topological polar surface area (TPSA) is 76.7 Å². The molecule has 0 radical (unpaired) electrons. The SMILES string of the molecule is CCCC1CC(C)(/C(C)=N/NC(N)=S)OC1=O. The minimum absolute atomic E-state index is 0.0278. The molecule has 1 fully saturated rings. The van der Waals surface area contributed by atoms with E-state index in [2.05, 4.69) is 29.7 Å². The van der Waals surface area contributed by atoms with Crippen LogP contribution in [0.2, 0.25) is 0 Å². The molecule has 0 amide bonds. The molecule has 0 aromatic heterocycles. The van der Waals surface area contributed by atoms with Gasteiger partial charge in [-0.15, -0.1) is 0 Å². The Kier molecular flexibility index (Phi) is 4.45. The molecule has 0 saturated carbocycles. The van der Waals surface area contributed by atoms with Crippen LogP contribution in [0.3, 0.4) is 0 Å². The average Bonchev–Trinajstić information content (AvgIpc) is 2.52. The second-order valence-electron chi connectivity index (χ2n) is 4.51. The number of nitrogens with one attached hydrogen (secondary N) is 1. The number of carbonyl (C=O) groups excluding carboxylic acids is 1. The number of hydrazone groups is 1. The first kappa shape index (κ1) is 13.9. The lowest BCUT2D eigenvalue weighted by atomic mass is 9.90. The van der Waals surface area contributed by atoms with E-state index in [9.17, 15) is 4.79 Å². The third-order valence-corrected chi connectivity index (χ3v) is 3.12. The summed E-state index contributed by atoms with van der Waals surface area (Å²) in [6, 6.07) is 0. The van der Waals surface area contributed by atoms with Crippen molar-refractivity contribution in [2.75, 3.05) is 0 Å². The molecule has 0 aromatic rings. The molecule has 1 aliphatic heterocycles. The van der Waals surface area contributed by atoms with Crippen molar-refractivity contribution < 1.29 is 9.53 Å². The maximum Gasteiger partial charge on any atom is 0.310 e. The first-order valence-electron chi connectivity index (χ1n) is 5.72. The normalized spacial score (nSPS) is 29.0. The fraction of sp³-hybridized carbons (Fsp3) is 0.727. The van der Waals surface area contributed by atoms with Crippen molar-refractivity contribution in [1.29, 1.82) is 0 Å². The van der Waals surface area contributed by atoms with Crippen molar-refractivity contribution in [3.05, 3.63) is 0 Å². The summed E-state index contributed by atoms with van der Waals surface area (Å²) in [5, 5.41) is 4.13. The molecule has 6 heteroatoms. The minimum Gasteiger partial charge on any atom is -0.453 e. The van der Waals surface area contributed by atoms with E-state index in [-0.39, 0.29) is 17.0 Å². The van der Waals surface area contributed by atoms with Crippen LogP contribution in [-0.2, 0) is 9.53 Å². The predicted octanol–water partition coefficient (Wildman–Crippen LogP) is 1.32. The first-order chi connectivity index (χ1) is 7.89. The molecule has 1 aliphatic rings.